The molecule has 1 aromatic rings. The van der Waals surface area contributed by atoms with E-state index in [0.717, 1.165) is 44.2 Å². The number of urea groups is 1. The highest BCUT2D eigenvalue weighted by Crippen LogP contribution is 2.07. The molecule has 0 spiro atoms. The van der Waals surface area contributed by atoms with Gasteiger partial charge in [0, 0.05) is 50.7 Å². The van der Waals surface area contributed by atoms with E-state index in [1.807, 2.05) is 36.2 Å². The lowest BCUT2D eigenvalue weighted by Crippen LogP contribution is -2.53. The summed E-state index contributed by atoms with van der Waals surface area (Å²) in [5, 5.41) is 3.05. The van der Waals surface area contributed by atoms with E-state index in [4.69, 9.17) is 0 Å². The minimum absolute atomic E-state index is 0.0639. The van der Waals surface area contributed by atoms with Gasteiger partial charge >= 0.3 is 6.03 Å². The molecule has 1 aliphatic heterocycles. The van der Waals surface area contributed by atoms with Crippen LogP contribution in [0.4, 0.5) is 4.79 Å². The van der Waals surface area contributed by atoms with Gasteiger partial charge in [0.15, 0.2) is 0 Å². The number of aromatic nitrogens is 1. The minimum Gasteiger partial charge on any atom is -0.335 e. The molecule has 2 amide bonds. The first-order valence-electron chi connectivity index (χ1n) is 7.35. The van der Waals surface area contributed by atoms with Crippen molar-refractivity contribution in [2.45, 2.75) is 19.5 Å². The van der Waals surface area contributed by atoms with Crippen molar-refractivity contribution in [1.29, 1.82) is 0 Å². The zero-order chi connectivity index (χ0) is 15.1. The third-order valence-electron chi connectivity index (χ3n) is 3.56. The van der Waals surface area contributed by atoms with Gasteiger partial charge in [-0.25, -0.2) is 4.79 Å². The maximum atomic E-state index is 12.1. The zero-order valence-electron chi connectivity index (χ0n) is 12.8. The van der Waals surface area contributed by atoms with Crippen molar-refractivity contribution in [1.82, 2.24) is 20.1 Å². The van der Waals surface area contributed by atoms with Crippen molar-refractivity contribution in [2.75, 3.05) is 38.2 Å². The van der Waals surface area contributed by atoms with Gasteiger partial charge in [0.1, 0.15) is 0 Å². The van der Waals surface area contributed by atoms with Crippen LogP contribution in [0.1, 0.15) is 12.6 Å². The Hall–Kier alpha value is -1.27. The molecule has 1 atom stereocenters. The largest absolute Gasteiger partial charge is 0.335 e. The predicted octanol–water partition coefficient (Wildman–Crippen LogP) is 1.66. The summed E-state index contributed by atoms with van der Waals surface area (Å²) in [6.07, 6.45) is 3.88. The Morgan fingerprint density at radius 1 is 1.38 bits per heavy atom. The van der Waals surface area contributed by atoms with E-state index >= 15 is 0 Å². The van der Waals surface area contributed by atoms with Gasteiger partial charge in [-0.1, -0.05) is 6.07 Å². The number of carbonyl (C=O) groups excluding carboxylic acids is 1. The van der Waals surface area contributed by atoms with E-state index in [-0.39, 0.29) is 12.1 Å². The number of nitrogens with one attached hydrogen (secondary N) is 1. The van der Waals surface area contributed by atoms with E-state index in [0.29, 0.717) is 0 Å². The van der Waals surface area contributed by atoms with Crippen molar-refractivity contribution in [2.24, 2.45) is 0 Å². The fraction of sp³-hybridized carbons (Fsp3) is 0.600. The zero-order valence-corrected chi connectivity index (χ0v) is 13.6. The second kappa shape index (κ2) is 8.24. The van der Waals surface area contributed by atoms with Crippen molar-refractivity contribution < 1.29 is 4.79 Å². The van der Waals surface area contributed by atoms with Crippen LogP contribution in [0.25, 0.3) is 0 Å². The molecule has 0 bridgehead atoms. The molecule has 2 rings (SSSR count). The normalized spacial score (nSPS) is 17.5. The monoisotopic (exact) mass is 308 g/mol. The lowest BCUT2D eigenvalue weighted by molar-refractivity contribution is 0.133. The van der Waals surface area contributed by atoms with Crippen LogP contribution in [0, 0.1) is 0 Å². The van der Waals surface area contributed by atoms with Gasteiger partial charge in [0.25, 0.3) is 0 Å². The van der Waals surface area contributed by atoms with Crippen molar-refractivity contribution >= 4 is 17.8 Å². The summed E-state index contributed by atoms with van der Waals surface area (Å²) in [5.74, 6) is 0.950. The van der Waals surface area contributed by atoms with Crippen LogP contribution in [-0.4, -0.2) is 65.0 Å². The molecule has 1 fully saturated rings. The summed E-state index contributed by atoms with van der Waals surface area (Å²) in [5.41, 5.74) is 1.09. The molecule has 1 saturated heterocycles. The molecule has 0 radical (unpaired) electrons. The number of hydrogen-bond donors (Lipinski definition) is 1. The van der Waals surface area contributed by atoms with Gasteiger partial charge in [-0.2, -0.15) is 11.8 Å². The van der Waals surface area contributed by atoms with Gasteiger partial charge in [0.05, 0.1) is 5.69 Å². The van der Waals surface area contributed by atoms with Crippen LogP contribution in [-0.2, 0) is 6.54 Å². The molecule has 1 aliphatic rings. The van der Waals surface area contributed by atoms with Crippen molar-refractivity contribution in [3.63, 3.8) is 0 Å². The van der Waals surface area contributed by atoms with Crippen LogP contribution in [0.15, 0.2) is 24.4 Å². The highest BCUT2D eigenvalue weighted by Gasteiger charge is 2.22. The Kier molecular flexibility index (Phi) is 6.32. The third-order valence-corrected chi connectivity index (χ3v) is 4.39. The molecule has 0 aromatic carbocycles. The summed E-state index contributed by atoms with van der Waals surface area (Å²) < 4.78 is 0. The molecular weight excluding hydrogens is 284 g/mol. The van der Waals surface area contributed by atoms with Crippen LogP contribution >= 0.6 is 11.8 Å². The summed E-state index contributed by atoms with van der Waals surface area (Å²) in [6, 6.07) is 6.28. The topological polar surface area (TPSA) is 48.5 Å². The number of amides is 2. The number of thioether (sulfide) groups is 1. The Morgan fingerprint density at radius 2 is 2.14 bits per heavy atom. The molecule has 0 saturated carbocycles. The van der Waals surface area contributed by atoms with Gasteiger partial charge < -0.3 is 10.2 Å². The smallest absolute Gasteiger partial charge is 0.317 e. The van der Waals surface area contributed by atoms with Crippen molar-refractivity contribution in [3.8, 4) is 0 Å². The number of nitrogens with zero attached hydrogens (tertiary/aromatic N) is 3. The van der Waals surface area contributed by atoms with Crippen molar-refractivity contribution in [3.05, 3.63) is 30.1 Å². The Morgan fingerprint density at radius 3 is 2.76 bits per heavy atom. The molecule has 1 N–H and O–H groups in total. The van der Waals surface area contributed by atoms with E-state index < -0.39 is 0 Å². The van der Waals surface area contributed by atoms with Gasteiger partial charge in [-0.05, 0) is 25.3 Å². The van der Waals surface area contributed by atoms with E-state index in [2.05, 4.69) is 21.5 Å². The van der Waals surface area contributed by atoms with E-state index in [9.17, 15) is 4.79 Å². The number of carbonyl (C=O) groups is 1. The average molecular weight is 308 g/mol. The number of hydrogen-bond acceptors (Lipinski definition) is 4. The third kappa shape index (κ3) is 5.21. The Labute approximate surface area is 131 Å². The maximum Gasteiger partial charge on any atom is 0.317 e. The van der Waals surface area contributed by atoms with Gasteiger partial charge in [0.2, 0.25) is 0 Å². The van der Waals surface area contributed by atoms with Gasteiger partial charge in [-0.15, -0.1) is 0 Å². The van der Waals surface area contributed by atoms with Gasteiger partial charge in [-0.3, -0.25) is 9.88 Å². The summed E-state index contributed by atoms with van der Waals surface area (Å²) in [4.78, 5) is 20.7. The second-order valence-corrected chi connectivity index (χ2v) is 6.30. The highest BCUT2D eigenvalue weighted by molar-refractivity contribution is 7.98. The first kappa shape index (κ1) is 16.1. The molecular formula is C15H24N4OS. The molecule has 116 valence electrons. The summed E-state index contributed by atoms with van der Waals surface area (Å²) in [6.45, 7) is 6.28. The fourth-order valence-electron chi connectivity index (χ4n) is 2.42. The summed E-state index contributed by atoms with van der Waals surface area (Å²) >= 11 is 1.75. The lowest BCUT2D eigenvalue weighted by atomic mass is 10.2. The van der Waals surface area contributed by atoms with E-state index in [1.165, 1.54) is 0 Å². The molecule has 0 aliphatic carbocycles. The van der Waals surface area contributed by atoms with E-state index in [1.54, 1.807) is 11.8 Å². The first-order chi connectivity index (χ1) is 10.2. The number of rotatable bonds is 5. The number of piperazine rings is 1. The minimum atomic E-state index is 0.0639. The highest BCUT2D eigenvalue weighted by atomic mass is 32.2. The second-order valence-electron chi connectivity index (χ2n) is 5.39. The average Bonchev–Trinajstić information content (AvgIpc) is 2.49. The molecule has 1 unspecified atom stereocenters. The molecule has 1 aromatic heterocycles. The summed E-state index contributed by atoms with van der Waals surface area (Å²) in [7, 11) is 0. The lowest BCUT2D eigenvalue weighted by Gasteiger charge is -2.35. The quantitative estimate of drug-likeness (QED) is 0.899. The van der Waals surface area contributed by atoms with Crippen LogP contribution in [0.5, 0.6) is 0 Å². The first-order valence-corrected chi connectivity index (χ1v) is 8.75. The SMILES string of the molecule is CSCC(C)NC(=O)N1CCN(Cc2ccccn2)CC1. The Bertz CT molecular complexity index is 435. The molecule has 5 nitrogen and oxygen atoms in total. The van der Waals surface area contributed by atoms with Crippen LogP contribution < -0.4 is 5.32 Å². The predicted molar refractivity (Wildman–Crippen MR) is 87.5 cm³/mol. The van der Waals surface area contributed by atoms with Crippen LogP contribution in [0.2, 0.25) is 0 Å². The van der Waals surface area contributed by atoms with Crippen LogP contribution in [0.3, 0.4) is 0 Å². The molecule has 6 heteroatoms. The standard InChI is InChI=1S/C15H24N4OS/c1-13(12-21-2)17-15(20)19-9-7-18(8-10-19)11-14-5-3-4-6-16-14/h3-6,13H,7-12H2,1-2H3,(H,17,20). The Balaban J connectivity index is 1.74. The molecule has 2 heterocycles. The number of pyridine rings is 1. The molecule has 21 heavy (non-hydrogen) atoms. The maximum absolute atomic E-state index is 12.1. The fourth-order valence-corrected chi connectivity index (χ4v) is 3.01.